The monoisotopic (exact) mass is 995 g/mol. The van der Waals surface area contributed by atoms with Crippen LogP contribution in [0.4, 0.5) is 5.69 Å². The van der Waals surface area contributed by atoms with E-state index in [1.165, 1.54) is 22.8 Å². The lowest BCUT2D eigenvalue weighted by Crippen LogP contribution is -2.39. The number of Topliss-reactive ketones (excluding diaryl/α,β-unsaturated/α-hetero) is 1. The maximum absolute atomic E-state index is 13.8. The number of hydrogen-bond acceptors (Lipinski definition) is 10. The zero-order valence-corrected chi connectivity index (χ0v) is 42.5. The van der Waals surface area contributed by atoms with Crippen LogP contribution in [-0.4, -0.2) is 96.6 Å². The highest BCUT2D eigenvalue weighted by atomic mass is 16.3. The van der Waals surface area contributed by atoms with Gasteiger partial charge < -0.3 is 14.9 Å². The number of fused-ring (bicyclic) bond motifs is 4. The van der Waals surface area contributed by atoms with Gasteiger partial charge in [0.2, 0.25) is 5.78 Å². The average molecular weight is 996 g/mol. The van der Waals surface area contributed by atoms with Crippen molar-refractivity contribution in [2.45, 2.75) is 98.2 Å². The molecule has 5 aromatic rings. The molecule has 0 saturated heterocycles. The summed E-state index contributed by atoms with van der Waals surface area (Å²) in [4.78, 5) is 113. The van der Waals surface area contributed by atoms with Crippen LogP contribution in [0.25, 0.3) is 32.8 Å². The minimum absolute atomic E-state index is 0.0547. The molecule has 0 bridgehead atoms. The van der Waals surface area contributed by atoms with Gasteiger partial charge in [-0.3, -0.25) is 52.4 Å². The number of carbonyl (C=O) groups is 4. The Hall–Kier alpha value is -8.25. The number of allylic oxidation sites excluding steroid dienone is 7. The predicted molar refractivity (Wildman–Crippen MR) is 288 cm³/mol. The summed E-state index contributed by atoms with van der Waals surface area (Å²) in [5, 5.41) is 11.8. The highest BCUT2D eigenvalue weighted by molar-refractivity contribution is 6.39. The number of nitrogens with zero attached hydrogens (tertiary/aromatic N) is 6. The molecule has 2 atom stereocenters. The van der Waals surface area contributed by atoms with Crippen molar-refractivity contribution in [1.29, 1.82) is 0 Å². The number of carbonyl (C=O) groups excluding carboxylic acids is 4. The number of unbranched alkanes of at least 4 members (excludes halogenated alkanes) is 2. The van der Waals surface area contributed by atoms with Crippen molar-refractivity contribution < 1.29 is 28.9 Å². The van der Waals surface area contributed by atoms with E-state index in [0.29, 0.717) is 73.4 Å². The Labute approximate surface area is 427 Å². The van der Waals surface area contributed by atoms with E-state index < -0.39 is 40.1 Å². The smallest absolute Gasteiger partial charge is 0.262 e. The van der Waals surface area contributed by atoms with Crippen LogP contribution in [0.2, 0.25) is 0 Å². The maximum atomic E-state index is 13.8. The van der Waals surface area contributed by atoms with Crippen molar-refractivity contribution >= 4 is 67.7 Å². The Bertz CT molecular complexity index is 3520. The van der Waals surface area contributed by atoms with Gasteiger partial charge in [-0.25, -0.2) is 4.58 Å². The summed E-state index contributed by atoms with van der Waals surface area (Å²) in [7, 11) is 0. The fourth-order valence-electron chi connectivity index (χ4n) is 10.9. The molecular formula is C59H59N6O9+. The van der Waals surface area contributed by atoms with Crippen molar-refractivity contribution in [2.24, 2.45) is 0 Å². The Morgan fingerprint density at radius 2 is 1.26 bits per heavy atom. The van der Waals surface area contributed by atoms with Crippen LogP contribution in [0.3, 0.4) is 0 Å². The number of amides is 3. The number of hydrogen-bond donors (Lipinski definition) is 1. The molecule has 3 aromatic carbocycles. The van der Waals surface area contributed by atoms with Crippen LogP contribution >= 0.6 is 0 Å². The molecule has 4 aliphatic rings. The van der Waals surface area contributed by atoms with Crippen LogP contribution < -0.4 is 27.1 Å². The van der Waals surface area contributed by atoms with Crippen LogP contribution in [-0.2, 0) is 11.3 Å². The molecule has 3 amide bonds. The summed E-state index contributed by atoms with van der Waals surface area (Å²) in [6.45, 7) is 16.3. The minimum atomic E-state index is -0.667. The molecule has 15 nitrogen and oxygen atoms in total. The second-order valence-electron chi connectivity index (χ2n) is 19.2. The van der Waals surface area contributed by atoms with Crippen molar-refractivity contribution in [3.63, 3.8) is 0 Å². The fraction of sp³-hybridized carbons (Fsp3) is 0.339. The summed E-state index contributed by atoms with van der Waals surface area (Å²) in [6.07, 6.45) is 18.2. The molecule has 0 saturated carbocycles. The molecule has 2 aromatic heterocycles. The first-order valence-electron chi connectivity index (χ1n) is 25.6. The topological polar surface area (TPSA) is 179 Å². The van der Waals surface area contributed by atoms with Gasteiger partial charge in [-0.2, -0.15) is 0 Å². The van der Waals surface area contributed by atoms with Crippen LogP contribution in [0.1, 0.15) is 128 Å². The molecule has 378 valence electrons. The number of ketones is 1. The van der Waals surface area contributed by atoms with E-state index >= 15 is 0 Å². The van der Waals surface area contributed by atoms with Crippen molar-refractivity contribution in [2.75, 3.05) is 37.6 Å². The molecule has 2 unspecified atom stereocenters. The summed E-state index contributed by atoms with van der Waals surface area (Å²) in [5.41, 5.74) is 2.77. The summed E-state index contributed by atoms with van der Waals surface area (Å²) in [6, 6.07) is 12.1. The third-order valence-electron chi connectivity index (χ3n) is 15.2. The zero-order chi connectivity index (χ0) is 52.9. The molecular weight excluding hydrogens is 937 g/mol. The van der Waals surface area contributed by atoms with Crippen molar-refractivity contribution in [3.05, 3.63) is 166 Å². The first-order valence-corrected chi connectivity index (χ1v) is 25.6. The van der Waals surface area contributed by atoms with Gasteiger partial charge in [0.05, 0.1) is 55.9 Å². The number of aromatic nitrogens is 2. The number of aliphatic hydroxyl groups is 1. The predicted octanol–water partition coefficient (Wildman–Crippen LogP) is 7.24. The molecule has 0 spiro atoms. The molecule has 74 heavy (non-hydrogen) atoms. The van der Waals surface area contributed by atoms with E-state index in [2.05, 4.69) is 17.1 Å². The quantitative estimate of drug-likeness (QED) is 0.0384. The molecule has 2 aliphatic carbocycles. The Morgan fingerprint density at radius 3 is 1.80 bits per heavy atom. The molecule has 15 heteroatoms. The van der Waals surface area contributed by atoms with Crippen LogP contribution in [0.5, 0.6) is 0 Å². The summed E-state index contributed by atoms with van der Waals surface area (Å²) >= 11 is 0. The molecule has 4 heterocycles. The molecule has 9 rings (SSSR count). The fourth-order valence-corrected chi connectivity index (χ4v) is 10.9. The van der Waals surface area contributed by atoms with Gasteiger partial charge in [-0.15, -0.1) is 6.42 Å². The SMILES string of the molecule is C#CC(CCCC)N1C(=O)c2cc3c(cc2C1=O)C(=O)N(CC[N+](CC)=C1C=CC(=C2C(=O)C(c4ccc(N(CC)CCn5c(=O)c6cc7c(=O)n(C(CC)CCCC)c(=O)c7cc6c5=O)cc4)=C2O)C=C1)C3=C. The van der Waals surface area contributed by atoms with Gasteiger partial charge in [0, 0.05) is 54.8 Å². The van der Waals surface area contributed by atoms with Gasteiger partial charge in [0.15, 0.2) is 12.3 Å². The van der Waals surface area contributed by atoms with Gasteiger partial charge >= 0.3 is 0 Å². The third kappa shape index (κ3) is 8.31. The van der Waals surface area contributed by atoms with E-state index in [1.807, 2.05) is 63.8 Å². The lowest BCUT2D eigenvalue weighted by atomic mass is 9.80. The largest absolute Gasteiger partial charge is 0.506 e. The van der Waals surface area contributed by atoms with Gasteiger partial charge in [0.1, 0.15) is 18.3 Å². The van der Waals surface area contributed by atoms with E-state index in [-0.39, 0.29) is 80.4 Å². The lowest BCUT2D eigenvalue weighted by molar-refractivity contribution is -0.522. The van der Waals surface area contributed by atoms with Crippen LogP contribution in [0, 0.1) is 12.3 Å². The summed E-state index contributed by atoms with van der Waals surface area (Å²) in [5.74, 6) is 0.876. The second kappa shape index (κ2) is 20.3. The Balaban J connectivity index is 0.852. The first-order chi connectivity index (χ1) is 35.6. The van der Waals surface area contributed by atoms with Gasteiger partial charge in [0.25, 0.3) is 40.0 Å². The lowest BCUT2D eigenvalue weighted by Gasteiger charge is -2.25. The minimum Gasteiger partial charge on any atom is -0.506 e. The molecule has 0 radical (unpaired) electrons. The van der Waals surface area contributed by atoms with Crippen molar-refractivity contribution in [1.82, 2.24) is 18.9 Å². The maximum Gasteiger partial charge on any atom is 0.262 e. The summed E-state index contributed by atoms with van der Waals surface area (Å²) < 4.78 is 4.49. The standard InChI is InChI=1S/C59H58N6O9/c1-8-14-16-37(10-3)64-56(71)45-30-41-34(7)62(53(68)42(41)31-46(45)57(64)72)28-26-60(12-5)39-22-18-35(19-23-39)49-51(66)50(52(49)67)36-20-24-40(25-21-36)61(13-6)27-29-63-54(69)43-32-47-48(33-44(43)55(63)70)59(74)65(58(47)73)38(11-4)17-15-9-2/h3,18-25,30-33,37-38H,7-9,11-17,26-29H2,1-2,4-6H3/p+1. The second-order valence-corrected chi connectivity index (χ2v) is 19.2. The van der Waals surface area contributed by atoms with Crippen LogP contribution in [0.15, 0.2) is 115 Å². The van der Waals surface area contributed by atoms with E-state index in [9.17, 15) is 43.5 Å². The van der Waals surface area contributed by atoms with E-state index in [4.69, 9.17) is 6.42 Å². The first kappa shape index (κ1) is 50.7. The molecule has 1 N–H and O–H groups in total. The van der Waals surface area contributed by atoms with E-state index in [1.54, 1.807) is 35.3 Å². The normalized spacial score (nSPS) is 16.1. The Kier molecular flexibility index (Phi) is 13.9. The number of terminal acetylenes is 1. The van der Waals surface area contributed by atoms with E-state index in [0.717, 1.165) is 46.5 Å². The Morgan fingerprint density at radius 1 is 0.689 bits per heavy atom. The highest BCUT2D eigenvalue weighted by Gasteiger charge is 2.43. The number of likely N-dealkylation sites (N-methyl/N-ethyl adjacent to an activating group) is 2. The highest BCUT2D eigenvalue weighted by Crippen LogP contribution is 2.40. The number of benzene rings is 3. The number of aliphatic hydroxyl groups excluding tert-OH is 1. The number of imide groups is 1. The third-order valence-corrected chi connectivity index (χ3v) is 15.2. The van der Waals surface area contributed by atoms with Gasteiger partial charge in [-0.05, 0) is 92.8 Å². The molecule has 0 fully saturated rings. The van der Waals surface area contributed by atoms with Gasteiger partial charge in [-0.1, -0.05) is 71.1 Å². The zero-order valence-electron chi connectivity index (χ0n) is 42.5. The average Bonchev–Trinajstić information content (AvgIpc) is 3.99. The molecule has 2 aliphatic heterocycles. The number of anilines is 1. The number of rotatable bonds is 19. The van der Waals surface area contributed by atoms with Crippen molar-refractivity contribution in [3.8, 4) is 12.3 Å².